The van der Waals surface area contributed by atoms with Crippen LogP contribution < -0.4 is 5.73 Å². The highest BCUT2D eigenvalue weighted by Crippen LogP contribution is 2.29. The fourth-order valence-electron chi connectivity index (χ4n) is 1.96. The summed E-state index contributed by atoms with van der Waals surface area (Å²) < 4.78 is 4.75. The Bertz CT molecular complexity index is 237. The Hall–Kier alpha value is -0.580. The minimum atomic E-state index is -0.714. The van der Waals surface area contributed by atoms with E-state index in [0.29, 0.717) is 17.9 Å². The second-order valence-electron chi connectivity index (χ2n) is 3.95. The molecule has 5 heteroatoms. The van der Waals surface area contributed by atoms with E-state index in [0.717, 1.165) is 25.7 Å². The number of amides is 1. The normalized spacial score (nSPS) is 25.9. The quantitative estimate of drug-likeness (QED) is 0.798. The summed E-state index contributed by atoms with van der Waals surface area (Å²) in [7, 11) is 0. The number of hydrogen-bond donors (Lipinski definition) is 1. The molecule has 0 saturated heterocycles. The van der Waals surface area contributed by atoms with Crippen LogP contribution >= 0.6 is 15.9 Å². The Kier molecular flexibility index (Phi) is 5.08. The molecule has 0 heterocycles. The number of rotatable bonds is 4. The first-order chi connectivity index (χ1) is 7.13. The van der Waals surface area contributed by atoms with E-state index in [1.807, 2.05) is 0 Å². The van der Waals surface area contributed by atoms with Crippen LogP contribution in [-0.4, -0.2) is 23.8 Å². The molecule has 1 rings (SSSR count). The maximum atomic E-state index is 11.4. The van der Waals surface area contributed by atoms with Gasteiger partial charge in [0.15, 0.2) is 0 Å². The largest absolute Gasteiger partial charge is 0.449 e. The molecule has 0 radical (unpaired) electrons. The van der Waals surface area contributed by atoms with E-state index >= 15 is 0 Å². The monoisotopic (exact) mass is 277 g/mol. The smallest absolute Gasteiger partial charge is 0.404 e. The highest BCUT2D eigenvalue weighted by molar-refractivity contribution is 9.09. The number of Topliss-reactive ketones (excluding diaryl/α,β-unsaturated/α-hetero) is 1. The van der Waals surface area contributed by atoms with E-state index in [1.165, 1.54) is 0 Å². The van der Waals surface area contributed by atoms with Crippen LogP contribution in [0.4, 0.5) is 4.79 Å². The summed E-state index contributed by atoms with van der Waals surface area (Å²) in [5.41, 5.74) is 4.89. The SMILES string of the molecule is NC(=O)OCC1CCC(C(=O)CBr)CC1. The van der Waals surface area contributed by atoms with E-state index in [2.05, 4.69) is 15.9 Å². The van der Waals surface area contributed by atoms with Gasteiger partial charge in [0.1, 0.15) is 5.78 Å². The molecule has 15 heavy (non-hydrogen) atoms. The first-order valence-corrected chi connectivity index (χ1v) is 6.26. The Morgan fingerprint density at radius 1 is 1.27 bits per heavy atom. The van der Waals surface area contributed by atoms with Crippen molar-refractivity contribution in [3.05, 3.63) is 0 Å². The van der Waals surface area contributed by atoms with Gasteiger partial charge in [-0.2, -0.15) is 0 Å². The van der Waals surface area contributed by atoms with Crippen LogP contribution in [0.2, 0.25) is 0 Å². The van der Waals surface area contributed by atoms with Crippen molar-refractivity contribution in [1.29, 1.82) is 0 Å². The van der Waals surface area contributed by atoms with Gasteiger partial charge in [-0.05, 0) is 31.6 Å². The number of carbonyl (C=O) groups is 2. The van der Waals surface area contributed by atoms with Crippen molar-refractivity contribution >= 4 is 27.8 Å². The molecular weight excluding hydrogens is 262 g/mol. The van der Waals surface area contributed by atoms with Crippen molar-refractivity contribution in [3.8, 4) is 0 Å². The lowest BCUT2D eigenvalue weighted by atomic mass is 9.81. The fourth-order valence-corrected chi connectivity index (χ4v) is 2.42. The molecule has 0 aromatic carbocycles. The Morgan fingerprint density at radius 2 is 1.87 bits per heavy atom. The van der Waals surface area contributed by atoms with Crippen LogP contribution in [0.3, 0.4) is 0 Å². The van der Waals surface area contributed by atoms with Gasteiger partial charge in [0.05, 0.1) is 11.9 Å². The third-order valence-corrected chi connectivity index (χ3v) is 3.45. The molecule has 0 bridgehead atoms. The predicted molar refractivity (Wildman–Crippen MR) is 59.8 cm³/mol. The molecule has 1 aliphatic carbocycles. The molecule has 0 aromatic rings. The van der Waals surface area contributed by atoms with E-state index in [-0.39, 0.29) is 11.7 Å². The van der Waals surface area contributed by atoms with E-state index in [9.17, 15) is 9.59 Å². The molecular formula is C10H16BrNO3. The highest BCUT2D eigenvalue weighted by Gasteiger charge is 2.25. The lowest BCUT2D eigenvalue weighted by Gasteiger charge is -2.26. The number of ketones is 1. The van der Waals surface area contributed by atoms with E-state index < -0.39 is 6.09 Å². The molecule has 1 saturated carbocycles. The van der Waals surface area contributed by atoms with Crippen molar-refractivity contribution in [2.75, 3.05) is 11.9 Å². The van der Waals surface area contributed by atoms with Crippen LogP contribution in [0.15, 0.2) is 0 Å². The van der Waals surface area contributed by atoms with Crippen molar-refractivity contribution in [2.45, 2.75) is 25.7 Å². The van der Waals surface area contributed by atoms with Gasteiger partial charge >= 0.3 is 6.09 Å². The topological polar surface area (TPSA) is 69.4 Å². The maximum Gasteiger partial charge on any atom is 0.404 e. The molecule has 0 unspecified atom stereocenters. The zero-order valence-electron chi connectivity index (χ0n) is 8.58. The summed E-state index contributed by atoms with van der Waals surface area (Å²) in [6, 6.07) is 0. The second kappa shape index (κ2) is 6.10. The van der Waals surface area contributed by atoms with Crippen LogP contribution in [0.25, 0.3) is 0 Å². The molecule has 4 nitrogen and oxygen atoms in total. The van der Waals surface area contributed by atoms with Crippen molar-refractivity contribution in [2.24, 2.45) is 17.6 Å². The van der Waals surface area contributed by atoms with Crippen LogP contribution in [0.5, 0.6) is 0 Å². The minimum Gasteiger partial charge on any atom is -0.449 e. The Balaban J connectivity index is 2.23. The average Bonchev–Trinajstić information content (AvgIpc) is 2.26. The fraction of sp³-hybridized carbons (Fsp3) is 0.800. The summed E-state index contributed by atoms with van der Waals surface area (Å²) in [6.45, 7) is 0.393. The number of primary amides is 1. The number of alkyl halides is 1. The van der Waals surface area contributed by atoms with Gasteiger partial charge in [-0.1, -0.05) is 15.9 Å². The summed E-state index contributed by atoms with van der Waals surface area (Å²) in [5.74, 6) is 0.843. The first-order valence-electron chi connectivity index (χ1n) is 5.14. The molecule has 0 atom stereocenters. The molecule has 1 fully saturated rings. The highest BCUT2D eigenvalue weighted by atomic mass is 79.9. The van der Waals surface area contributed by atoms with Crippen LogP contribution in [-0.2, 0) is 9.53 Å². The molecule has 1 aliphatic rings. The lowest BCUT2D eigenvalue weighted by Crippen LogP contribution is -2.26. The summed E-state index contributed by atoms with van der Waals surface area (Å²) >= 11 is 3.18. The van der Waals surface area contributed by atoms with Crippen LogP contribution in [0, 0.1) is 11.8 Å². The zero-order chi connectivity index (χ0) is 11.3. The van der Waals surface area contributed by atoms with Crippen molar-refractivity contribution in [1.82, 2.24) is 0 Å². The van der Waals surface area contributed by atoms with E-state index in [1.54, 1.807) is 0 Å². The summed E-state index contributed by atoms with van der Waals surface area (Å²) in [5, 5.41) is 0.445. The van der Waals surface area contributed by atoms with Gasteiger partial charge < -0.3 is 10.5 Å². The molecule has 0 spiro atoms. The number of halogens is 1. The molecule has 2 N–H and O–H groups in total. The maximum absolute atomic E-state index is 11.4. The third kappa shape index (κ3) is 4.20. The number of carbonyl (C=O) groups excluding carboxylic acids is 2. The number of hydrogen-bond acceptors (Lipinski definition) is 3. The van der Waals surface area contributed by atoms with E-state index in [4.69, 9.17) is 10.5 Å². The number of nitrogens with two attached hydrogens (primary N) is 1. The van der Waals surface area contributed by atoms with Gasteiger partial charge in [0.2, 0.25) is 0 Å². The van der Waals surface area contributed by atoms with Crippen LogP contribution in [0.1, 0.15) is 25.7 Å². The third-order valence-electron chi connectivity index (χ3n) is 2.90. The first kappa shape index (κ1) is 12.5. The van der Waals surface area contributed by atoms with Crippen molar-refractivity contribution < 1.29 is 14.3 Å². The second-order valence-corrected chi connectivity index (χ2v) is 4.51. The summed E-state index contributed by atoms with van der Waals surface area (Å²) in [6.07, 6.45) is 2.97. The molecule has 0 aromatic heterocycles. The van der Waals surface area contributed by atoms with Crippen molar-refractivity contribution in [3.63, 3.8) is 0 Å². The average molecular weight is 278 g/mol. The van der Waals surface area contributed by atoms with Gasteiger partial charge in [0.25, 0.3) is 0 Å². The van der Waals surface area contributed by atoms with Gasteiger partial charge in [0, 0.05) is 5.92 Å². The molecule has 1 amide bonds. The van der Waals surface area contributed by atoms with Gasteiger partial charge in [-0.15, -0.1) is 0 Å². The lowest BCUT2D eigenvalue weighted by molar-refractivity contribution is -0.121. The van der Waals surface area contributed by atoms with Gasteiger partial charge in [-0.3, -0.25) is 4.79 Å². The zero-order valence-corrected chi connectivity index (χ0v) is 10.2. The minimum absolute atomic E-state index is 0.189. The Morgan fingerprint density at radius 3 is 2.33 bits per heavy atom. The molecule has 86 valence electrons. The number of ether oxygens (including phenoxy) is 1. The standard InChI is InChI=1S/C10H16BrNO3/c11-5-9(13)8-3-1-7(2-4-8)6-15-10(12)14/h7-8H,1-6H2,(H2,12,14). The Labute approximate surface area is 97.7 Å². The summed E-state index contributed by atoms with van der Waals surface area (Å²) in [4.78, 5) is 21.8. The predicted octanol–water partition coefficient (Wildman–Crippen LogP) is 1.85. The molecule has 0 aliphatic heterocycles. The van der Waals surface area contributed by atoms with Gasteiger partial charge in [-0.25, -0.2) is 4.79 Å².